The Morgan fingerprint density at radius 2 is 0.964 bits per heavy atom. The number of hydrogen-bond acceptors (Lipinski definition) is 2. The van der Waals surface area contributed by atoms with Crippen molar-refractivity contribution in [3.63, 3.8) is 0 Å². The first-order valence-electron chi connectivity index (χ1n) is 19.2. The molecule has 3 heterocycles. The lowest BCUT2D eigenvalue weighted by atomic mass is 10.0. The normalized spacial score (nSPS) is 12.3. The molecule has 13 rings (SSSR count). The SMILES string of the molecule is c1ccc2c(c1)-c1cccc3c(-n4c5ccccc5c5cc(-c6nc(-n7c8ccccc8c8c9ccccc9ccc87)nc7ccccc67)ccc54)ccc-2c13. The maximum Gasteiger partial charge on any atom is 0.235 e. The second kappa shape index (κ2) is 11.0. The van der Waals surface area contributed by atoms with Gasteiger partial charge in [-0.1, -0.05) is 140 Å². The third-order valence-corrected chi connectivity index (χ3v) is 12.1. The Hall–Kier alpha value is -7.56. The molecule has 12 aromatic rings. The van der Waals surface area contributed by atoms with Crippen LogP contribution in [0.15, 0.2) is 182 Å². The molecule has 1 aliphatic rings. The fourth-order valence-electron chi connectivity index (χ4n) is 9.71. The summed E-state index contributed by atoms with van der Waals surface area (Å²) in [6.45, 7) is 0. The van der Waals surface area contributed by atoms with Gasteiger partial charge >= 0.3 is 0 Å². The van der Waals surface area contributed by atoms with Gasteiger partial charge in [-0.2, -0.15) is 0 Å². The van der Waals surface area contributed by atoms with E-state index in [1.165, 1.54) is 82.1 Å². The van der Waals surface area contributed by atoms with Crippen molar-refractivity contribution < 1.29 is 0 Å². The van der Waals surface area contributed by atoms with Gasteiger partial charge in [0.1, 0.15) is 0 Å². The molecule has 0 spiro atoms. The zero-order chi connectivity index (χ0) is 36.5. The minimum absolute atomic E-state index is 0.664. The lowest BCUT2D eigenvalue weighted by molar-refractivity contribution is 1.01. The first-order valence-corrected chi connectivity index (χ1v) is 19.2. The molecular weight excluding hydrogens is 681 g/mol. The van der Waals surface area contributed by atoms with Crippen LogP contribution in [0.1, 0.15) is 0 Å². The van der Waals surface area contributed by atoms with Crippen LogP contribution in [0, 0.1) is 0 Å². The first kappa shape index (κ1) is 29.8. The highest BCUT2D eigenvalue weighted by molar-refractivity contribution is 6.22. The van der Waals surface area contributed by atoms with Crippen LogP contribution < -0.4 is 0 Å². The average molecular weight is 711 g/mol. The van der Waals surface area contributed by atoms with E-state index in [2.05, 4.69) is 191 Å². The minimum atomic E-state index is 0.664. The van der Waals surface area contributed by atoms with Crippen molar-refractivity contribution in [1.82, 2.24) is 19.1 Å². The first-order chi connectivity index (χ1) is 27.8. The van der Waals surface area contributed by atoms with E-state index in [0.717, 1.165) is 33.2 Å². The van der Waals surface area contributed by atoms with E-state index in [1.807, 2.05) is 0 Å². The molecule has 0 radical (unpaired) electrons. The number of nitrogens with zero attached hydrogens (tertiary/aromatic N) is 4. The van der Waals surface area contributed by atoms with Crippen molar-refractivity contribution in [2.45, 2.75) is 0 Å². The van der Waals surface area contributed by atoms with Crippen molar-refractivity contribution in [2.75, 3.05) is 0 Å². The number of benzene rings is 9. The quantitative estimate of drug-likeness (QED) is 0.183. The molecule has 1 aliphatic carbocycles. The van der Waals surface area contributed by atoms with Gasteiger partial charge in [0.2, 0.25) is 5.95 Å². The molecule has 4 nitrogen and oxygen atoms in total. The molecule has 0 unspecified atom stereocenters. The number of aromatic nitrogens is 4. The predicted octanol–water partition coefficient (Wildman–Crippen LogP) is 13.4. The summed E-state index contributed by atoms with van der Waals surface area (Å²) in [5.74, 6) is 0.664. The summed E-state index contributed by atoms with van der Waals surface area (Å²) in [6, 6.07) is 65.9. The summed E-state index contributed by atoms with van der Waals surface area (Å²) in [5, 5.41) is 10.9. The Morgan fingerprint density at radius 3 is 1.82 bits per heavy atom. The standard InChI is InChI=1S/C52H30N4/c1-2-13-33-31(12-1)24-28-48-50(33)41-18-7-10-23-45(41)56(48)52-53-43-21-8-5-17-39(43)51(54-52)32-25-27-47-42(30-32)36-16-6-9-22-44(36)55(47)46-29-26-38-35-15-4-3-14-34(35)37-19-11-20-40(46)49(37)38/h1-30H. The van der Waals surface area contributed by atoms with E-state index in [1.54, 1.807) is 0 Å². The summed E-state index contributed by atoms with van der Waals surface area (Å²) in [7, 11) is 0. The lowest BCUT2D eigenvalue weighted by Crippen LogP contribution is -2.03. The summed E-state index contributed by atoms with van der Waals surface area (Å²) >= 11 is 0. The largest absolute Gasteiger partial charge is 0.309 e. The summed E-state index contributed by atoms with van der Waals surface area (Å²) in [6.07, 6.45) is 0. The Morgan fingerprint density at radius 1 is 0.339 bits per heavy atom. The highest BCUT2D eigenvalue weighted by Gasteiger charge is 2.24. The maximum absolute atomic E-state index is 5.48. The molecule has 9 aromatic carbocycles. The van der Waals surface area contributed by atoms with Crippen molar-refractivity contribution in [1.29, 1.82) is 0 Å². The molecule has 0 fully saturated rings. The summed E-state index contributed by atoms with van der Waals surface area (Å²) in [5.41, 5.74) is 13.8. The summed E-state index contributed by atoms with van der Waals surface area (Å²) < 4.78 is 4.69. The molecular formula is C52H30N4. The van der Waals surface area contributed by atoms with Crippen LogP contribution in [0.25, 0.3) is 121 Å². The monoisotopic (exact) mass is 710 g/mol. The molecule has 56 heavy (non-hydrogen) atoms. The summed E-state index contributed by atoms with van der Waals surface area (Å²) in [4.78, 5) is 10.7. The van der Waals surface area contributed by atoms with Crippen LogP contribution >= 0.6 is 0 Å². The van der Waals surface area contributed by atoms with E-state index in [-0.39, 0.29) is 0 Å². The zero-order valence-corrected chi connectivity index (χ0v) is 30.1. The highest BCUT2D eigenvalue weighted by atomic mass is 15.2. The van der Waals surface area contributed by atoms with Gasteiger partial charge < -0.3 is 4.57 Å². The predicted molar refractivity (Wildman–Crippen MR) is 233 cm³/mol. The molecule has 4 heteroatoms. The lowest BCUT2D eigenvalue weighted by Gasteiger charge is -2.14. The minimum Gasteiger partial charge on any atom is -0.309 e. The van der Waals surface area contributed by atoms with Crippen molar-refractivity contribution in [2.24, 2.45) is 0 Å². The van der Waals surface area contributed by atoms with Crippen LogP contribution in [-0.4, -0.2) is 19.1 Å². The van der Waals surface area contributed by atoms with Crippen LogP contribution in [0.5, 0.6) is 0 Å². The molecule has 3 aromatic heterocycles. The molecule has 0 aliphatic heterocycles. The molecule has 258 valence electrons. The van der Waals surface area contributed by atoms with Crippen molar-refractivity contribution in [3.05, 3.63) is 182 Å². The van der Waals surface area contributed by atoms with Gasteiger partial charge in [0, 0.05) is 37.9 Å². The maximum atomic E-state index is 5.48. The number of rotatable bonds is 3. The Bertz CT molecular complexity index is 3630. The van der Waals surface area contributed by atoms with Crippen molar-refractivity contribution in [3.8, 4) is 45.1 Å². The Balaban J connectivity index is 1.06. The smallest absolute Gasteiger partial charge is 0.235 e. The number of para-hydroxylation sites is 3. The molecule has 0 saturated heterocycles. The van der Waals surface area contributed by atoms with E-state index in [0.29, 0.717) is 5.95 Å². The van der Waals surface area contributed by atoms with E-state index < -0.39 is 0 Å². The van der Waals surface area contributed by atoms with Crippen LogP contribution in [-0.2, 0) is 0 Å². The molecule has 0 N–H and O–H groups in total. The van der Waals surface area contributed by atoms with Gasteiger partial charge in [0.25, 0.3) is 0 Å². The highest BCUT2D eigenvalue weighted by Crippen LogP contribution is 2.49. The second-order valence-corrected chi connectivity index (χ2v) is 14.9. The Labute approximate surface area is 321 Å². The van der Waals surface area contributed by atoms with Gasteiger partial charge in [0.15, 0.2) is 0 Å². The van der Waals surface area contributed by atoms with Gasteiger partial charge in [-0.25, -0.2) is 9.97 Å². The van der Waals surface area contributed by atoms with Crippen LogP contribution in [0.3, 0.4) is 0 Å². The molecule has 0 amide bonds. The van der Waals surface area contributed by atoms with Gasteiger partial charge in [-0.15, -0.1) is 0 Å². The average Bonchev–Trinajstić information content (AvgIpc) is 3.90. The van der Waals surface area contributed by atoms with E-state index >= 15 is 0 Å². The zero-order valence-electron chi connectivity index (χ0n) is 30.1. The molecule has 0 saturated carbocycles. The van der Waals surface area contributed by atoms with Crippen LogP contribution in [0.4, 0.5) is 0 Å². The van der Waals surface area contributed by atoms with E-state index in [4.69, 9.17) is 9.97 Å². The number of fused-ring (bicyclic) bond motifs is 12. The van der Waals surface area contributed by atoms with Crippen LogP contribution in [0.2, 0.25) is 0 Å². The van der Waals surface area contributed by atoms with Gasteiger partial charge in [-0.05, 0) is 80.9 Å². The topological polar surface area (TPSA) is 35.6 Å². The van der Waals surface area contributed by atoms with Crippen molar-refractivity contribution >= 4 is 76.1 Å². The van der Waals surface area contributed by atoms with Gasteiger partial charge in [0.05, 0.1) is 39.0 Å². The third-order valence-electron chi connectivity index (χ3n) is 12.1. The molecule has 0 bridgehead atoms. The Kier molecular flexibility index (Phi) is 5.86. The van der Waals surface area contributed by atoms with Gasteiger partial charge in [-0.3, -0.25) is 4.57 Å². The third kappa shape index (κ3) is 3.92. The molecule has 0 atom stereocenters. The second-order valence-electron chi connectivity index (χ2n) is 14.9. The number of hydrogen-bond donors (Lipinski definition) is 0. The van der Waals surface area contributed by atoms with E-state index in [9.17, 15) is 0 Å². The fraction of sp³-hybridized carbons (Fsp3) is 0. The fourth-order valence-corrected chi connectivity index (χ4v) is 9.71.